The zero-order valence-electron chi connectivity index (χ0n) is 18.1. The van der Waals surface area contributed by atoms with Crippen LogP contribution in [0.1, 0.15) is 36.2 Å². The summed E-state index contributed by atoms with van der Waals surface area (Å²) >= 11 is 5.98. The molecule has 1 saturated heterocycles. The fourth-order valence-corrected chi connectivity index (χ4v) is 4.41. The summed E-state index contributed by atoms with van der Waals surface area (Å²) in [6.45, 7) is 3.74. The number of halogens is 2. The Morgan fingerprint density at radius 1 is 1.15 bits per heavy atom. The van der Waals surface area contributed by atoms with Crippen molar-refractivity contribution in [2.24, 2.45) is 0 Å². The van der Waals surface area contributed by atoms with Gasteiger partial charge in [-0.25, -0.2) is 14.4 Å². The van der Waals surface area contributed by atoms with E-state index in [1.54, 1.807) is 18.3 Å². The van der Waals surface area contributed by atoms with Gasteiger partial charge in [0.05, 0.1) is 30.1 Å². The third-order valence-corrected chi connectivity index (χ3v) is 6.36. The molecule has 0 unspecified atom stereocenters. The number of aromatic nitrogens is 5. The quantitative estimate of drug-likeness (QED) is 0.428. The highest BCUT2D eigenvalue weighted by atomic mass is 35.5. The monoisotopic (exact) mass is 464 g/mol. The van der Waals surface area contributed by atoms with Crippen LogP contribution in [-0.4, -0.2) is 44.4 Å². The first kappa shape index (κ1) is 20.5. The van der Waals surface area contributed by atoms with Crippen LogP contribution in [0.4, 0.5) is 10.2 Å². The van der Waals surface area contributed by atoms with Crippen molar-refractivity contribution in [2.45, 2.75) is 31.9 Å². The molecule has 168 valence electrons. The van der Waals surface area contributed by atoms with E-state index in [0.717, 1.165) is 17.1 Å². The number of nitrogens with zero attached hydrogens (tertiary/aromatic N) is 6. The summed E-state index contributed by atoms with van der Waals surface area (Å²) in [5.74, 6) is 0.276. The van der Waals surface area contributed by atoms with E-state index < -0.39 is 5.82 Å². The lowest BCUT2D eigenvalue weighted by molar-refractivity contribution is 0.0395. The summed E-state index contributed by atoms with van der Waals surface area (Å²) in [5, 5.41) is 4.84. The van der Waals surface area contributed by atoms with Crippen LogP contribution in [0.2, 0.25) is 5.02 Å². The van der Waals surface area contributed by atoms with Crippen molar-refractivity contribution in [1.82, 2.24) is 24.7 Å². The molecule has 1 aliphatic carbocycles. The molecule has 1 atom stereocenters. The van der Waals surface area contributed by atoms with Gasteiger partial charge >= 0.3 is 0 Å². The summed E-state index contributed by atoms with van der Waals surface area (Å²) in [4.78, 5) is 16.2. The van der Waals surface area contributed by atoms with Gasteiger partial charge in [-0.2, -0.15) is 5.10 Å². The van der Waals surface area contributed by atoms with Gasteiger partial charge in [-0.3, -0.25) is 9.67 Å². The molecule has 1 aromatic carbocycles. The Kier molecular flexibility index (Phi) is 4.99. The van der Waals surface area contributed by atoms with Gasteiger partial charge in [-0.1, -0.05) is 11.6 Å². The second-order valence-corrected chi connectivity index (χ2v) is 9.06. The van der Waals surface area contributed by atoms with E-state index in [0.29, 0.717) is 53.1 Å². The number of ether oxygens (including phenoxy) is 1. The predicted molar refractivity (Wildman–Crippen MR) is 124 cm³/mol. The highest BCUT2D eigenvalue weighted by Gasteiger charge is 2.29. The largest absolute Gasteiger partial charge is 0.370 e. The van der Waals surface area contributed by atoms with E-state index in [2.05, 4.69) is 26.2 Å². The van der Waals surface area contributed by atoms with Crippen molar-refractivity contribution >= 4 is 28.5 Å². The molecule has 2 aliphatic rings. The topological polar surface area (TPSA) is 69.0 Å². The first-order valence-electron chi connectivity index (χ1n) is 11.1. The zero-order valence-corrected chi connectivity index (χ0v) is 18.8. The zero-order chi connectivity index (χ0) is 22.5. The van der Waals surface area contributed by atoms with E-state index >= 15 is 0 Å². The normalized spacial score (nSPS) is 18.8. The van der Waals surface area contributed by atoms with Gasteiger partial charge in [0.25, 0.3) is 0 Å². The van der Waals surface area contributed by atoms with Crippen molar-refractivity contribution in [1.29, 1.82) is 0 Å². The Balaban J connectivity index is 1.39. The molecule has 0 bridgehead atoms. The average Bonchev–Trinajstić information content (AvgIpc) is 3.54. The molecule has 4 heterocycles. The Morgan fingerprint density at radius 2 is 2.03 bits per heavy atom. The molecule has 1 aliphatic heterocycles. The number of hydrogen-bond acceptors (Lipinski definition) is 6. The van der Waals surface area contributed by atoms with Crippen molar-refractivity contribution in [3.8, 4) is 11.3 Å². The standard InChI is InChI=1S/C24H22ClFN6O/c1-14-10-27-24-20(29-14)9-22(30-23(24)18-5-2-16(25)8-19(18)26)31-6-7-33-21(13-31)15-11-28-32(12-15)17-3-4-17/h2,5,8-12,17,21H,3-4,6-7,13H2,1H3/t21-/m0/s1. The summed E-state index contributed by atoms with van der Waals surface area (Å²) in [6.07, 6.45) is 7.91. The fourth-order valence-electron chi connectivity index (χ4n) is 4.25. The fraction of sp³-hybridized carbons (Fsp3) is 0.333. The van der Waals surface area contributed by atoms with E-state index in [4.69, 9.17) is 21.3 Å². The molecule has 0 N–H and O–H groups in total. The minimum absolute atomic E-state index is 0.108. The summed E-state index contributed by atoms with van der Waals surface area (Å²) in [5.41, 5.74) is 3.88. The minimum atomic E-state index is -0.442. The smallest absolute Gasteiger partial charge is 0.134 e. The van der Waals surface area contributed by atoms with Gasteiger partial charge in [0.1, 0.15) is 28.9 Å². The van der Waals surface area contributed by atoms with Gasteiger partial charge < -0.3 is 9.64 Å². The second-order valence-electron chi connectivity index (χ2n) is 8.62. The van der Waals surface area contributed by atoms with Crippen LogP contribution in [0.25, 0.3) is 22.3 Å². The summed E-state index contributed by atoms with van der Waals surface area (Å²) < 4.78 is 22.9. The summed E-state index contributed by atoms with van der Waals surface area (Å²) in [7, 11) is 0. The summed E-state index contributed by atoms with van der Waals surface area (Å²) in [6, 6.07) is 7.03. The Labute approximate surface area is 195 Å². The molecule has 9 heteroatoms. The molecule has 4 aromatic rings. The molecule has 33 heavy (non-hydrogen) atoms. The third-order valence-electron chi connectivity index (χ3n) is 6.13. The Morgan fingerprint density at radius 3 is 2.85 bits per heavy atom. The van der Waals surface area contributed by atoms with Crippen LogP contribution in [-0.2, 0) is 4.74 Å². The molecule has 1 saturated carbocycles. The highest BCUT2D eigenvalue weighted by molar-refractivity contribution is 6.30. The maximum absolute atomic E-state index is 14.9. The number of benzene rings is 1. The van der Waals surface area contributed by atoms with Crippen LogP contribution in [0, 0.1) is 12.7 Å². The van der Waals surface area contributed by atoms with Crippen molar-refractivity contribution in [3.05, 3.63) is 65.0 Å². The average molecular weight is 465 g/mol. The maximum Gasteiger partial charge on any atom is 0.134 e. The lowest BCUT2D eigenvalue weighted by Gasteiger charge is -2.33. The molecule has 0 radical (unpaired) electrons. The predicted octanol–water partition coefficient (Wildman–Crippen LogP) is 4.90. The second kappa shape index (κ2) is 8.04. The van der Waals surface area contributed by atoms with Crippen LogP contribution in [0.15, 0.2) is 42.9 Å². The molecule has 0 amide bonds. The molecular formula is C24H22ClFN6O. The molecule has 2 fully saturated rings. The molecule has 0 spiro atoms. The van der Waals surface area contributed by atoms with Gasteiger partial charge in [0, 0.05) is 47.7 Å². The van der Waals surface area contributed by atoms with Gasteiger partial charge in [0.2, 0.25) is 0 Å². The third kappa shape index (κ3) is 3.94. The maximum atomic E-state index is 14.9. The Hall–Kier alpha value is -3.10. The highest BCUT2D eigenvalue weighted by Crippen LogP contribution is 2.36. The van der Waals surface area contributed by atoms with Crippen LogP contribution < -0.4 is 4.90 Å². The number of fused-ring (bicyclic) bond motifs is 1. The van der Waals surface area contributed by atoms with Crippen molar-refractivity contribution in [3.63, 3.8) is 0 Å². The molecule has 3 aromatic heterocycles. The lowest BCUT2D eigenvalue weighted by atomic mass is 10.1. The van der Waals surface area contributed by atoms with Gasteiger partial charge in [-0.05, 0) is 38.0 Å². The van der Waals surface area contributed by atoms with Crippen molar-refractivity contribution < 1.29 is 9.13 Å². The van der Waals surface area contributed by atoms with Gasteiger partial charge in [0.15, 0.2) is 0 Å². The Bertz CT molecular complexity index is 1350. The minimum Gasteiger partial charge on any atom is -0.370 e. The number of rotatable bonds is 4. The molecule has 6 rings (SSSR count). The first-order chi connectivity index (χ1) is 16.0. The number of pyridine rings is 1. The van der Waals surface area contributed by atoms with Gasteiger partial charge in [-0.15, -0.1) is 0 Å². The lowest BCUT2D eigenvalue weighted by Crippen LogP contribution is -2.38. The van der Waals surface area contributed by atoms with Crippen LogP contribution in [0.3, 0.4) is 0 Å². The first-order valence-corrected chi connectivity index (χ1v) is 11.4. The van der Waals surface area contributed by atoms with E-state index in [-0.39, 0.29) is 6.10 Å². The van der Waals surface area contributed by atoms with E-state index in [9.17, 15) is 4.39 Å². The van der Waals surface area contributed by atoms with Crippen molar-refractivity contribution in [2.75, 3.05) is 24.6 Å². The van der Waals surface area contributed by atoms with Crippen LogP contribution >= 0.6 is 11.6 Å². The molecule has 7 nitrogen and oxygen atoms in total. The number of hydrogen-bond donors (Lipinski definition) is 0. The SMILES string of the molecule is Cc1cnc2c(-c3ccc(Cl)cc3F)nc(N3CCO[C@H](c4cnn(C5CC5)c4)C3)cc2n1. The van der Waals surface area contributed by atoms with E-state index in [1.165, 1.54) is 18.9 Å². The molecular weight excluding hydrogens is 443 g/mol. The van der Waals surface area contributed by atoms with Crippen LogP contribution in [0.5, 0.6) is 0 Å². The number of anilines is 1. The van der Waals surface area contributed by atoms with E-state index in [1.807, 2.05) is 23.9 Å². The number of aryl methyl sites for hydroxylation is 1. The number of morpholine rings is 1.